The van der Waals surface area contributed by atoms with E-state index in [-0.39, 0.29) is 19.1 Å². The van der Waals surface area contributed by atoms with Crippen molar-refractivity contribution in [2.45, 2.75) is 44.8 Å². The normalized spacial score (nSPS) is 12.0. The minimum absolute atomic E-state index is 0.00953. The van der Waals surface area contributed by atoms with Gasteiger partial charge in [0.25, 0.3) is 0 Å². The van der Waals surface area contributed by atoms with E-state index in [1.54, 1.807) is 32.9 Å². The predicted octanol–water partition coefficient (Wildman–Crippen LogP) is 1.30. The number of benzene rings is 1. The maximum Gasteiger partial charge on any atom is 0.224 e. The van der Waals surface area contributed by atoms with Crippen LogP contribution in [0.1, 0.15) is 40.0 Å². The van der Waals surface area contributed by atoms with Gasteiger partial charge in [-0.3, -0.25) is 4.79 Å². The molecular weight excluding hydrogens is 382 g/mol. The van der Waals surface area contributed by atoms with Crippen LogP contribution in [0.3, 0.4) is 0 Å². The monoisotopic (exact) mass is 415 g/mol. The van der Waals surface area contributed by atoms with Gasteiger partial charge in [0.15, 0.2) is 0 Å². The average Bonchev–Trinajstić information content (AvgIpc) is 2.61. The first kappa shape index (κ1) is 24.4. The van der Waals surface area contributed by atoms with E-state index in [1.807, 2.05) is 17.0 Å². The number of hydrogen-bond acceptors (Lipinski definition) is 6. The summed E-state index contributed by atoms with van der Waals surface area (Å²) in [4.78, 5) is 13.9. The second-order valence-electron chi connectivity index (χ2n) is 7.50. The number of rotatable bonds is 12. The minimum Gasteiger partial charge on any atom is -0.395 e. The zero-order valence-electron chi connectivity index (χ0n) is 16.9. The topological polar surface area (TPSA) is 119 Å². The second-order valence-corrected chi connectivity index (χ2v) is 10.0. The van der Waals surface area contributed by atoms with E-state index in [0.29, 0.717) is 44.6 Å². The first-order valence-corrected chi connectivity index (χ1v) is 10.9. The maximum absolute atomic E-state index is 12.0. The summed E-state index contributed by atoms with van der Waals surface area (Å²) in [6.45, 7) is 6.06. The Morgan fingerprint density at radius 3 is 2.11 bits per heavy atom. The Morgan fingerprint density at radius 1 is 1.04 bits per heavy atom. The Bertz CT molecular complexity index is 693. The first-order valence-electron chi connectivity index (χ1n) is 9.46. The number of carbonyl (C=O) groups is 1. The van der Waals surface area contributed by atoms with Crippen LogP contribution in [0.5, 0.6) is 0 Å². The van der Waals surface area contributed by atoms with Gasteiger partial charge < -0.3 is 20.4 Å². The van der Waals surface area contributed by atoms with Crippen molar-refractivity contribution < 1.29 is 23.4 Å². The third-order valence-corrected chi connectivity index (χ3v) is 6.38. The summed E-state index contributed by atoms with van der Waals surface area (Å²) < 4.78 is 25.6. The quantitative estimate of drug-likeness (QED) is 0.382. The van der Waals surface area contributed by atoms with Crippen molar-refractivity contribution >= 4 is 27.3 Å². The Labute approximate surface area is 168 Å². The first-order chi connectivity index (χ1) is 13.1. The highest BCUT2D eigenvalue weighted by atomic mass is 32.2. The van der Waals surface area contributed by atoms with Gasteiger partial charge in [-0.2, -0.15) is 0 Å². The van der Waals surface area contributed by atoms with Crippen LogP contribution in [-0.2, 0) is 14.8 Å². The van der Waals surface area contributed by atoms with Gasteiger partial charge in [0.2, 0.25) is 15.9 Å². The van der Waals surface area contributed by atoms with Gasteiger partial charge >= 0.3 is 0 Å². The molecule has 1 amide bonds. The van der Waals surface area contributed by atoms with Crippen molar-refractivity contribution in [3.63, 3.8) is 0 Å². The molecule has 0 aliphatic carbocycles. The minimum atomic E-state index is -3.35. The largest absolute Gasteiger partial charge is 0.395 e. The summed E-state index contributed by atoms with van der Waals surface area (Å²) in [5.41, 5.74) is 1.52. The molecule has 8 nitrogen and oxygen atoms in total. The van der Waals surface area contributed by atoms with Crippen LogP contribution in [0.15, 0.2) is 24.3 Å². The van der Waals surface area contributed by atoms with Crippen LogP contribution >= 0.6 is 0 Å². The number of anilines is 2. The van der Waals surface area contributed by atoms with Crippen LogP contribution in [0.25, 0.3) is 0 Å². The van der Waals surface area contributed by atoms with Gasteiger partial charge in [-0.15, -0.1) is 0 Å². The lowest BCUT2D eigenvalue weighted by atomic mass is 10.2. The van der Waals surface area contributed by atoms with Gasteiger partial charge in [0.1, 0.15) is 0 Å². The number of hydrogen-bond donors (Lipinski definition) is 4. The molecule has 0 bridgehead atoms. The van der Waals surface area contributed by atoms with Crippen molar-refractivity contribution in [1.82, 2.24) is 4.72 Å². The lowest BCUT2D eigenvalue weighted by molar-refractivity contribution is -0.116. The lowest BCUT2D eigenvalue weighted by Crippen LogP contribution is -2.39. The predicted molar refractivity (Wildman–Crippen MR) is 112 cm³/mol. The summed E-state index contributed by atoms with van der Waals surface area (Å²) in [6.07, 6.45) is 1.47. The van der Waals surface area contributed by atoms with E-state index in [1.165, 1.54) is 0 Å². The van der Waals surface area contributed by atoms with Crippen molar-refractivity contribution in [2.75, 3.05) is 43.1 Å². The van der Waals surface area contributed by atoms with Crippen LogP contribution < -0.4 is 14.9 Å². The third-order valence-electron chi connectivity index (χ3n) is 4.18. The Kier molecular flexibility index (Phi) is 9.88. The SMILES string of the molecule is CC(C)(C)S(=O)(=O)NCCCCC(=O)Nc1ccc(N(CCO)CCO)cc1. The van der Waals surface area contributed by atoms with E-state index < -0.39 is 14.8 Å². The molecule has 0 aliphatic heterocycles. The molecule has 0 heterocycles. The number of amides is 1. The molecule has 0 saturated carbocycles. The summed E-state index contributed by atoms with van der Waals surface area (Å²) in [5, 5.41) is 21.0. The van der Waals surface area contributed by atoms with Crippen LogP contribution in [0.2, 0.25) is 0 Å². The Hall–Kier alpha value is -1.68. The number of aliphatic hydroxyl groups is 2. The number of carbonyl (C=O) groups excluding carboxylic acids is 1. The summed E-state index contributed by atoms with van der Waals surface area (Å²) in [7, 11) is -3.35. The summed E-state index contributed by atoms with van der Waals surface area (Å²) in [6, 6.07) is 7.18. The van der Waals surface area contributed by atoms with E-state index in [2.05, 4.69) is 10.0 Å². The van der Waals surface area contributed by atoms with Gasteiger partial charge in [-0.05, 0) is 57.9 Å². The van der Waals surface area contributed by atoms with Gasteiger partial charge in [-0.1, -0.05) is 0 Å². The number of sulfonamides is 1. The number of nitrogens with one attached hydrogen (secondary N) is 2. The number of nitrogens with zero attached hydrogens (tertiary/aromatic N) is 1. The molecule has 4 N–H and O–H groups in total. The molecule has 0 spiro atoms. The Balaban J connectivity index is 2.39. The highest BCUT2D eigenvalue weighted by molar-refractivity contribution is 7.90. The van der Waals surface area contributed by atoms with Crippen LogP contribution in [0.4, 0.5) is 11.4 Å². The van der Waals surface area contributed by atoms with E-state index in [0.717, 1.165) is 5.69 Å². The fourth-order valence-electron chi connectivity index (χ4n) is 2.42. The van der Waals surface area contributed by atoms with Crippen molar-refractivity contribution in [2.24, 2.45) is 0 Å². The van der Waals surface area contributed by atoms with Gasteiger partial charge in [0.05, 0.1) is 18.0 Å². The average molecular weight is 416 g/mol. The van der Waals surface area contributed by atoms with Crippen molar-refractivity contribution in [1.29, 1.82) is 0 Å². The smallest absolute Gasteiger partial charge is 0.224 e. The molecular formula is C19H33N3O5S. The van der Waals surface area contributed by atoms with Gasteiger partial charge in [-0.25, -0.2) is 13.1 Å². The van der Waals surface area contributed by atoms with E-state index in [9.17, 15) is 13.2 Å². The van der Waals surface area contributed by atoms with E-state index in [4.69, 9.17) is 10.2 Å². The molecule has 9 heteroatoms. The zero-order valence-corrected chi connectivity index (χ0v) is 17.8. The van der Waals surface area contributed by atoms with Crippen LogP contribution in [-0.4, -0.2) is 62.1 Å². The van der Waals surface area contributed by atoms with E-state index >= 15 is 0 Å². The van der Waals surface area contributed by atoms with Crippen molar-refractivity contribution in [3.05, 3.63) is 24.3 Å². The molecule has 0 saturated heterocycles. The third kappa shape index (κ3) is 8.14. The molecule has 0 aromatic heterocycles. The number of aliphatic hydroxyl groups excluding tert-OH is 2. The molecule has 1 rings (SSSR count). The van der Waals surface area contributed by atoms with Crippen molar-refractivity contribution in [3.8, 4) is 0 Å². The molecule has 0 atom stereocenters. The summed E-state index contributed by atoms with van der Waals surface area (Å²) in [5.74, 6) is -0.131. The standard InChI is InChI=1S/C19H33N3O5S/c1-19(2,3)28(26,27)20-11-5-4-6-18(25)21-16-7-9-17(10-8-16)22(12-14-23)13-15-24/h7-10,20,23-24H,4-6,11-15H2,1-3H3,(H,21,25). The fraction of sp³-hybridized carbons (Fsp3) is 0.632. The van der Waals surface area contributed by atoms with Crippen LogP contribution in [0, 0.1) is 0 Å². The molecule has 0 aliphatic rings. The lowest BCUT2D eigenvalue weighted by Gasteiger charge is -2.23. The maximum atomic E-state index is 12.0. The molecule has 160 valence electrons. The highest BCUT2D eigenvalue weighted by Gasteiger charge is 2.27. The van der Waals surface area contributed by atoms with Gasteiger partial charge in [0, 0.05) is 37.4 Å². The molecule has 0 radical (unpaired) electrons. The fourth-order valence-corrected chi connectivity index (χ4v) is 3.27. The summed E-state index contributed by atoms with van der Waals surface area (Å²) >= 11 is 0. The molecule has 0 fully saturated rings. The Morgan fingerprint density at radius 2 is 1.61 bits per heavy atom. The second kappa shape index (κ2) is 11.4. The molecule has 1 aromatic rings. The number of unbranched alkanes of at least 4 members (excludes halogenated alkanes) is 1. The molecule has 1 aromatic carbocycles. The highest BCUT2D eigenvalue weighted by Crippen LogP contribution is 2.18. The molecule has 0 unspecified atom stereocenters. The zero-order chi connectivity index (χ0) is 21.2. The molecule has 28 heavy (non-hydrogen) atoms.